The fraction of sp³-hybridized carbons (Fsp3) is 0.300. The highest BCUT2D eigenvalue weighted by Gasteiger charge is 2.07. The van der Waals surface area contributed by atoms with Crippen LogP contribution in [-0.4, -0.2) is 31.4 Å². The number of nitrogens with one attached hydrogen (secondary N) is 1. The topological polar surface area (TPSA) is 32.3 Å². The summed E-state index contributed by atoms with van der Waals surface area (Å²) in [7, 11) is 3.47. The number of amides is 1. The van der Waals surface area contributed by atoms with E-state index in [-0.39, 0.29) is 12.5 Å². The van der Waals surface area contributed by atoms with Gasteiger partial charge in [-0.1, -0.05) is 6.07 Å². The van der Waals surface area contributed by atoms with E-state index in [1.54, 1.807) is 19.0 Å². The molecule has 0 fully saturated rings. The Morgan fingerprint density at radius 3 is 2.33 bits per heavy atom. The number of hydrogen-bond acceptors (Lipinski definition) is 2. The van der Waals surface area contributed by atoms with E-state index in [1.165, 1.54) is 0 Å². The van der Waals surface area contributed by atoms with E-state index in [2.05, 4.69) is 37.2 Å². The molecule has 0 atom stereocenters. The molecule has 1 aromatic rings. The molecular formula is C10H12Br2N2O. The van der Waals surface area contributed by atoms with Crippen LogP contribution in [0.15, 0.2) is 27.1 Å². The molecule has 0 bridgehead atoms. The summed E-state index contributed by atoms with van der Waals surface area (Å²) in [5.74, 6) is 0.0395. The zero-order valence-electron chi connectivity index (χ0n) is 8.55. The van der Waals surface area contributed by atoms with Crippen molar-refractivity contribution in [3.05, 3.63) is 27.1 Å². The third-order valence-corrected chi connectivity index (χ3v) is 3.20. The van der Waals surface area contributed by atoms with Gasteiger partial charge in [0.2, 0.25) is 5.91 Å². The summed E-state index contributed by atoms with van der Waals surface area (Å²) in [6.45, 7) is 0.286. The van der Waals surface area contributed by atoms with Gasteiger partial charge in [-0.2, -0.15) is 0 Å². The van der Waals surface area contributed by atoms with E-state index in [1.807, 2.05) is 18.2 Å². The van der Waals surface area contributed by atoms with E-state index >= 15 is 0 Å². The number of nitrogens with zero attached hydrogens (tertiary/aromatic N) is 1. The zero-order valence-corrected chi connectivity index (χ0v) is 11.7. The van der Waals surface area contributed by atoms with E-state index in [9.17, 15) is 4.79 Å². The Morgan fingerprint density at radius 1 is 1.33 bits per heavy atom. The third kappa shape index (κ3) is 3.50. The third-order valence-electron chi connectivity index (χ3n) is 1.88. The second-order valence-corrected chi connectivity index (χ2v) is 4.95. The van der Waals surface area contributed by atoms with Crippen LogP contribution in [0.25, 0.3) is 0 Å². The smallest absolute Gasteiger partial charge is 0.241 e. The van der Waals surface area contributed by atoms with Crippen LogP contribution in [0.3, 0.4) is 0 Å². The van der Waals surface area contributed by atoms with Gasteiger partial charge >= 0.3 is 0 Å². The number of hydrogen-bond donors (Lipinski definition) is 1. The van der Waals surface area contributed by atoms with Crippen LogP contribution in [0.1, 0.15) is 0 Å². The van der Waals surface area contributed by atoms with Crippen LogP contribution in [0.4, 0.5) is 5.69 Å². The quantitative estimate of drug-likeness (QED) is 0.921. The Balaban J connectivity index is 2.69. The largest absolute Gasteiger partial charge is 0.374 e. The first-order valence-electron chi connectivity index (χ1n) is 4.40. The summed E-state index contributed by atoms with van der Waals surface area (Å²) in [6.07, 6.45) is 0. The van der Waals surface area contributed by atoms with Gasteiger partial charge in [0, 0.05) is 23.0 Å². The van der Waals surface area contributed by atoms with E-state index < -0.39 is 0 Å². The molecule has 0 aromatic heterocycles. The molecule has 0 heterocycles. The maximum Gasteiger partial charge on any atom is 0.241 e. The molecule has 0 saturated heterocycles. The van der Waals surface area contributed by atoms with Crippen LogP contribution in [0, 0.1) is 0 Å². The zero-order chi connectivity index (χ0) is 11.4. The summed E-state index contributed by atoms with van der Waals surface area (Å²) >= 11 is 6.83. The lowest BCUT2D eigenvalue weighted by atomic mass is 10.3. The Kier molecular flexibility index (Phi) is 4.60. The van der Waals surface area contributed by atoms with Gasteiger partial charge in [0.15, 0.2) is 0 Å². The van der Waals surface area contributed by atoms with Gasteiger partial charge in [0.25, 0.3) is 0 Å². The molecule has 1 aromatic carbocycles. The highest BCUT2D eigenvalue weighted by Crippen LogP contribution is 2.30. The molecular weight excluding hydrogens is 324 g/mol. The van der Waals surface area contributed by atoms with Crippen LogP contribution in [-0.2, 0) is 4.79 Å². The first-order chi connectivity index (χ1) is 7.02. The molecule has 1 rings (SSSR count). The molecule has 0 saturated carbocycles. The van der Waals surface area contributed by atoms with Crippen molar-refractivity contribution in [2.45, 2.75) is 0 Å². The van der Waals surface area contributed by atoms with Crippen molar-refractivity contribution < 1.29 is 4.79 Å². The molecule has 5 heteroatoms. The van der Waals surface area contributed by atoms with Crippen LogP contribution in [0.2, 0.25) is 0 Å². The summed E-state index contributed by atoms with van der Waals surface area (Å²) in [4.78, 5) is 12.9. The summed E-state index contributed by atoms with van der Waals surface area (Å²) in [5.41, 5.74) is 0.896. The lowest BCUT2D eigenvalue weighted by molar-refractivity contribution is -0.126. The van der Waals surface area contributed by atoms with Crippen molar-refractivity contribution >= 4 is 43.5 Å². The van der Waals surface area contributed by atoms with Crippen molar-refractivity contribution in [2.24, 2.45) is 0 Å². The molecule has 0 unspecified atom stereocenters. The predicted octanol–water partition coefficient (Wildman–Crippen LogP) is 2.71. The predicted molar refractivity (Wildman–Crippen MR) is 69.0 cm³/mol. The van der Waals surface area contributed by atoms with Gasteiger partial charge < -0.3 is 10.2 Å². The highest BCUT2D eigenvalue weighted by molar-refractivity contribution is 9.11. The average Bonchev–Trinajstić information content (AvgIpc) is 2.16. The lowest BCUT2D eigenvalue weighted by Crippen LogP contribution is -2.28. The molecule has 1 amide bonds. The normalized spacial score (nSPS) is 9.87. The number of halogens is 2. The van der Waals surface area contributed by atoms with Crippen molar-refractivity contribution in [3.8, 4) is 0 Å². The number of rotatable bonds is 3. The van der Waals surface area contributed by atoms with Gasteiger partial charge in [0.1, 0.15) is 0 Å². The number of anilines is 1. The van der Waals surface area contributed by atoms with Crippen LogP contribution in [0.5, 0.6) is 0 Å². The molecule has 82 valence electrons. The standard InChI is InChI=1S/C10H12Br2N2O/c1-14(2)9(15)6-13-10-7(11)4-3-5-8(10)12/h3-5,13H,6H2,1-2H3. The number of para-hydroxylation sites is 1. The second kappa shape index (κ2) is 5.51. The van der Waals surface area contributed by atoms with E-state index in [0.29, 0.717) is 0 Å². The minimum atomic E-state index is 0.0395. The summed E-state index contributed by atoms with van der Waals surface area (Å²) in [6, 6.07) is 5.77. The minimum absolute atomic E-state index is 0.0395. The van der Waals surface area contributed by atoms with Crippen molar-refractivity contribution in [3.63, 3.8) is 0 Å². The monoisotopic (exact) mass is 334 g/mol. The number of carbonyl (C=O) groups excluding carboxylic acids is 1. The molecule has 0 aliphatic carbocycles. The van der Waals surface area contributed by atoms with Gasteiger partial charge in [-0.25, -0.2) is 0 Å². The second-order valence-electron chi connectivity index (χ2n) is 3.24. The first kappa shape index (κ1) is 12.5. The summed E-state index contributed by atoms with van der Waals surface area (Å²) < 4.78 is 1.87. The Labute approximate surface area is 106 Å². The van der Waals surface area contributed by atoms with E-state index in [0.717, 1.165) is 14.6 Å². The molecule has 0 aliphatic rings. The minimum Gasteiger partial charge on any atom is -0.374 e. The molecule has 3 nitrogen and oxygen atoms in total. The average molecular weight is 336 g/mol. The number of carbonyl (C=O) groups is 1. The Hall–Kier alpha value is -0.550. The molecule has 15 heavy (non-hydrogen) atoms. The van der Waals surface area contributed by atoms with Gasteiger partial charge in [-0.05, 0) is 44.0 Å². The maximum absolute atomic E-state index is 11.4. The fourth-order valence-electron chi connectivity index (χ4n) is 0.989. The van der Waals surface area contributed by atoms with Gasteiger partial charge in [-0.15, -0.1) is 0 Å². The first-order valence-corrected chi connectivity index (χ1v) is 5.99. The number of likely N-dealkylation sites (N-methyl/N-ethyl adjacent to an activating group) is 1. The van der Waals surface area contributed by atoms with Crippen LogP contribution < -0.4 is 5.32 Å². The SMILES string of the molecule is CN(C)C(=O)CNc1c(Br)cccc1Br. The van der Waals surface area contributed by atoms with Gasteiger partial charge in [-0.3, -0.25) is 4.79 Å². The summed E-state index contributed by atoms with van der Waals surface area (Å²) in [5, 5.41) is 3.08. The molecule has 0 radical (unpaired) electrons. The molecule has 0 spiro atoms. The maximum atomic E-state index is 11.4. The van der Waals surface area contributed by atoms with Crippen molar-refractivity contribution in [2.75, 3.05) is 26.0 Å². The van der Waals surface area contributed by atoms with Gasteiger partial charge in [0.05, 0.1) is 12.2 Å². The van der Waals surface area contributed by atoms with Crippen LogP contribution >= 0.6 is 31.9 Å². The van der Waals surface area contributed by atoms with Crippen molar-refractivity contribution in [1.82, 2.24) is 4.90 Å². The molecule has 0 aliphatic heterocycles. The lowest BCUT2D eigenvalue weighted by Gasteiger charge is -2.13. The number of benzene rings is 1. The molecule has 1 N–H and O–H groups in total. The fourth-order valence-corrected chi connectivity index (χ4v) is 2.27. The Morgan fingerprint density at radius 2 is 1.87 bits per heavy atom. The van der Waals surface area contributed by atoms with Crippen molar-refractivity contribution in [1.29, 1.82) is 0 Å². The Bertz CT molecular complexity index is 346. The van der Waals surface area contributed by atoms with E-state index in [4.69, 9.17) is 0 Å². The highest BCUT2D eigenvalue weighted by atomic mass is 79.9.